The summed E-state index contributed by atoms with van der Waals surface area (Å²) in [6.45, 7) is 3.28. The first-order valence-corrected chi connectivity index (χ1v) is 9.27. The second-order valence-electron chi connectivity index (χ2n) is 7.11. The Morgan fingerprint density at radius 1 is 1.22 bits per heavy atom. The highest BCUT2D eigenvalue weighted by atomic mass is 16.2. The maximum absolute atomic E-state index is 12.7. The zero-order chi connectivity index (χ0) is 18.7. The minimum Gasteiger partial charge on any atom is -0.345 e. The Morgan fingerprint density at radius 2 is 1.96 bits per heavy atom. The average Bonchev–Trinajstić information content (AvgIpc) is 3.50. The number of nitrogens with zero attached hydrogens (tertiary/aromatic N) is 5. The van der Waals surface area contributed by atoms with Gasteiger partial charge in [-0.25, -0.2) is 19.9 Å². The summed E-state index contributed by atoms with van der Waals surface area (Å²) in [5.74, 6) is 6.89. The number of carbonyl (C=O) groups is 1. The van der Waals surface area contributed by atoms with Crippen LogP contribution in [0.25, 0.3) is 0 Å². The Hall–Kier alpha value is -3.01. The molecule has 3 heterocycles. The van der Waals surface area contributed by atoms with Crippen LogP contribution >= 0.6 is 0 Å². The predicted molar refractivity (Wildman–Crippen MR) is 101 cm³/mol. The van der Waals surface area contributed by atoms with Crippen molar-refractivity contribution in [1.29, 1.82) is 0 Å². The molecule has 7 nitrogen and oxygen atoms in total. The van der Waals surface area contributed by atoms with E-state index in [0.717, 1.165) is 37.8 Å². The largest absolute Gasteiger partial charge is 0.345 e. The van der Waals surface area contributed by atoms with Gasteiger partial charge in [-0.1, -0.05) is 5.92 Å². The van der Waals surface area contributed by atoms with Gasteiger partial charge in [0.1, 0.15) is 6.33 Å². The van der Waals surface area contributed by atoms with E-state index in [0.29, 0.717) is 18.1 Å². The summed E-state index contributed by atoms with van der Waals surface area (Å²) in [6, 6.07) is 0. The van der Waals surface area contributed by atoms with Gasteiger partial charge in [-0.2, -0.15) is 0 Å². The van der Waals surface area contributed by atoms with Crippen molar-refractivity contribution in [3.8, 4) is 11.8 Å². The van der Waals surface area contributed by atoms with E-state index in [1.165, 1.54) is 6.33 Å². The fourth-order valence-electron chi connectivity index (χ4n) is 3.54. The van der Waals surface area contributed by atoms with Gasteiger partial charge in [-0.05, 0) is 32.6 Å². The van der Waals surface area contributed by atoms with Crippen LogP contribution in [0.2, 0.25) is 0 Å². The molecule has 2 aliphatic rings. The van der Waals surface area contributed by atoms with E-state index in [1.54, 1.807) is 12.4 Å². The van der Waals surface area contributed by atoms with Crippen molar-refractivity contribution in [3.05, 3.63) is 42.2 Å². The van der Waals surface area contributed by atoms with Gasteiger partial charge in [-0.3, -0.25) is 4.79 Å². The van der Waals surface area contributed by atoms with Crippen LogP contribution in [0.1, 0.15) is 48.5 Å². The molecule has 2 aromatic heterocycles. The molecular weight excluding hydrogens is 340 g/mol. The summed E-state index contributed by atoms with van der Waals surface area (Å²) >= 11 is 0. The van der Waals surface area contributed by atoms with Gasteiger partial charge < -0.3 is 10.2 Å². The molecule has 1 amide bonds. The van der Waals surface area contributed by atoms with Crippen molar-refractivity contribution >= 4 is 11.9 Å². The summed E-state index contributed by atoms with van der Waals surface area (Å²) in [5.41, 5.74) is 1.36. The van der Waals surface area contributed by atoms with Crippen LogP contribution in [0.3, 0.4) is 0 Å². The number of amides is 1. The number of anilines is 1. The van der Waals surface area contributed by atoms with Crippen LogP contribution in [-0.2, 0) is 5.54 Å². The molecule has 138 valence electrons. The number of aromatic nitrogens is 4. The van der Waals surface area contributed by atoms with Crippen molar-refractivity contribution in [2.24, 2.45) is 5.92 Å². The van der Waals surface area contributed by atoms with Gasteiger partial charge in [0.15, 0.2) is 0 Å². The molecule has 4 rings (SSSR count). The Bertz CT molecular complexity index is 867. The monoisotopic (exact) mass is 362 g/mol. The second-order valence-corrected chi connectivity index (χ2v) is 7.11. The van der Waals surface area contributed by atoms with Gasteiger partial charge in [-0.15, -0.1) is 5.92 Å². The number of carbonyl (C=O) groups excluding carboxylic acids is 1. The van der Waals surface area contributed by atoms with Crippen LogP contribution in [0.5, 0.6) is 0 Å². The van der Waals surface area contributed by atoms with Gasteiger partial charge in [0.05, 0.1) is 11.1 Å². The molecule has 7 heteroatoms. The van der Waals surface area contributed by atoms with E-state index in [1.807, 2.05) is 24.2 Å². The van der Waals surface area contributed by atoms with Crippen molar-refractivity contribution in [3.63, 3.8) is 0 Å². The topological polar surface area (TPSA) is 83.9 Å². The number of nitrogens with one attached hydrogen (secondary N) is 1. The highest BCUT2D eigenvalue weighted by molar-refractivity contribution is 5.93. The molecule has 0 spiro atoms. The van der Waals surface area contributed by atoms with Crippen molar-refractivity contribution in [2.45, 2.75) is 38.1 Å². The fraction of sp³-hybridized carbons (Fsp3) is 0.450. The van der Waals surface area contributed by atoms with Crippen LogP contribution in [0, 0.1) is 17.8 Å². The Morgan fingerprint density at radius 3 is 2.63 bits per heavy atom. The molecule has 0 bridgehead atoms. The highest BCUT2D eigenvalue weighted by Crippen LogP contribution is 2.47. The number of hydrogen-bond acceptors (Lipinski definition) is 6. The van der Waals surface area contributed by atoms with E-state index in [4.69, 9.17) is 0 Å². The molecule has 0 radical (unpaired) electrons. The molecule has 1 aliphatic carbocycles. The molecule has 1 atom stereocenters. The van der Waals surface area contributed by atoms with Gasteiger partial charge in [0.2, 0.25) is 5.95 Å². The number of likely N-dealkylation sites (tertiary alicyclic amines) is 1. The maximum atomic E-state index is 12.7. The second kappa shape index (κ2) is 7.31. The van der Waals surface area contributed by atoms with E-state index >= 15 is 0 Å². The molecule has 1 N–H and O–H groups in total. The third kappa shape index (κ3) is 3.75. The van der Waals surface area contributed by atoms with Crippen LogP contribution in [0.15, 0.2) is 31.1 Å². The Kier molecular flexibility index (Phi) is 4.71. The van der Waals surface area contributed by atoms with Crippen LogP contribution in [-0.4, -0.2) is 43.8 Å². The summed E-state index contributed by atoms with van der Waals surface area (Å²) in [6.07, 6.45) is 12.4. The Labute approximate surface area is 158 Å². The zero-order valence-corrected chi connectivity index (χ0v) is 15.4. The van der Waals surface area contributed by atoms with Gasteiger partial charge in [0, 0.05) is 49.4 Å². The van der Waals surface area contributed by atoms with Crippen molar-refractivity contribution in [2.75, 3.05) is 18.4 Å². The molecular formula is C20H22N6O. The predicted octanol–water partition coefficient (Wildman–Crippen LogP) is 2.24. The van der Waals surface area contributed by atoms with E-state index in [9.17, 15) is 4.79 Å². The van der Waals surface area contributed by atoms with Crippen LogP contribution < -0.4 is 5.32 Å². The standard InChI is InChI=1S/C20H22N6O/c1-2-4-15-5-3-8-26(13-15)18(27)16-9-23-19(24-10-16)25-20(6-7-20)17-11-21-14-22-12-17/h9-12,14-15H,3,5-8,13H2,1H3,(H,23,24,25). The smallest absolute Gasteiger partial charge is 0.257 e. The maximum Gasteiger partial charge on any atom is 0.257 e. The summed E-state index contributed by atoms with van der Waals surface area (Å²) in [4.78, 5) is 31.5. The van der Waals surface area contributed by atoms with E-state index in [2.05, 4.69) is 37.1 Å². The van der Waals surface area contributed by atoms with E-state index in [-0.39, 0.29) is 17.4 Å². The zero-order valence-electron chi connectivity index (χ0n) is 15.4. The Balaban J connectivity index is 1.43. The lowest BCUT2D eigenvalue weighted by atomic mass is 9.98. The molecule has 1 saturated carbocycles. The number of hydrogen-bond donors (Lipinski definition) is 1. The first kappa shape index (κ1) is 17.4. The first-order valence-electron chi connectivity index (χ1n) is 9.27. The summed E-state index contributed by atoms with van der Waals surface area (Å²) < 4.78 is 0. The molecule has 1 unspecified atom stereocenters. The van der Waals surface area contributed by atoms with Gasteiger partial charge >= 0.3 is 0 Å². The molecule has 2 aromatic rings. The third-order valence-corrected chi connectivity index (χ3v) is 5.17. The molecule has 1 aliphatic heterocycles. The van der Waals surface area contributed by atoms with Crippen molar-refractivity contribution in [1.82, 2.24) is 24.8 Å². The van der Waals surface area contributed by atoms with Crippen molar-refractivity contribution < 1.29 is 4.79 Å². The highest BCUT2D eigenvalue weighted by Gasteiger charge is 2.45. The van der Waals surface area contributed by atoms with Gasteiger partial charge in [0.25, 0.3) is 5.91 Å². The van der Waals surface area contributed by atoms with E-state index < -0.39 is 0 Å². The minimum absolute atomic E-state index is 0.0262. The minimum atomic E-state index is -0.189. The normalized spacial score (nSPS) is 20.3. The molecule has 2 fully saturated rings. The average molecular weight is 362 g/mol. The van der Waals surface area contributed by atoms with Crippen LogP contribution in [0.4, 0.5) is 5.95 Å². The molecule has 1 saturated heterocycles. The third-order valence-electron chi connectivity index (χ3n) is 5.17. The lowest BCUT2D eigenvalue weighted by Gasteiger charge is -2.30. The fourth-order valence-corrected chi connectivity index (χ4v) is 3.54. The summed E-state index contributed by atoms with van der Waals surface area (Å²) in [5, 5.41) is 3.37. The molecule has 27 heavy (non-hydrogen) atoms. The molecule has 0 aromatic carbocycles. The quantitative estimate of drug-likeness (QED) is 0.840. The summed E-state index contributed by atoms with van der Waals surface area (Å²) in [7, 11) is 0. The number of piperidine rings is 1. The lowest BCUT2D eigenvalue weighted by molar-refractivity contribution is 0.0698. The first-order chi connectivity index (χ1) is 13.2. The SMILES string of the molecule is CC#CC1CCCN(C(=O)c2cnc(NC3(c4cncnc4)CC3)nc2)C1. The lowest BCUT2D eigenvalue weighted by Crippen LogP contribution is -2.39. The number of rotatable bonds is 4.